The van der Waals surface area contributed by atoms with E-state index < -0.39 is 5.97 Å². The molecule has 0 unspecified atom stereocenters. The molecule has 1 amide bonds. The lowest BCUT2D eigenvalue weighted by molar-refractivity contribution is -0.143. The Kier molecular flexibility index (Phi) is 3.44. The Balaban J connectivity index is 2.27. The number of ether oxygens (including phenoxy) is 1. The van der Waals surface area contributed by atoms with E-state index in [4.69, 9.17) is 4.74 Å². The minimum Gasteiger partial charge on any atom is -0.465 e. The number of carbonyl (C=O) groups is 2. The molecule has 0 aromatic carbocycles. The van der Waals surface area contributed by atoms with Gasteiger partial charge in [-0.3, -0.25) is 14.4 Å². The number of rotatable bonds is 4. The molecule has 3 heterocycles. The Labute approximate surface area is 125 Å². The van der Waals surface area contributed by atoms with Crippen LogP contribution >= 0.6 is 0 Å². The molecule has 0 saturated carbocycles. The predicted molar refractivity (Wildman–Crippen MR) is 76.6 cm³/mol. The Morgan fingerprint density at radius 2 is 2.18 bits per heavy atom. The maximum Gasteiger partial charge on any atom is 0.326 e. The van der Waals surface area contributed by atoms with Gasteiger partial charge in [0.15, 0.2) is 0 Å². The van der Waals surface area contributed by atoms with E-state index in [1.165, 1.54) is 9.08 Å². The van der Waals surface area contributed by atoms with Crippen LogP contribution in [0.25, 0.3) is 5.65 Å². The van der Waals surface area contributed by atoms with Crippen molar-refractivity contribution >= 4 is 17.5 Å². The number of amides is 1. The summed E-state index contributed by atoms with van der Waals surface area (Å²) in [7, 11) is 0. The molecule has 0 bridgehead atoms. The number of hydrogen-bond donors (Lipinski definition) is 1. The molecule has 8 heteroatoms. The first-order chi connectivity index (χ1) is 10.6. The molecule has 2 aromatic rings. The van der Waals surface area contributed by atoms with E-state index in [0.717, 1.165) is 5.69 Å². The van der Waals surface area contributed by atoms with Gasteiger partial charge >= 0.3 is 5.97 Å². The molecule has 0 atom stereocenters. The van der Waals surface area contributed by atoms with Crippen LogP contribution < -0.4 is 10.9 Å². The number of hydrogen-bond acceptors (Lipinski definition) is 5. The Bertz CT molecular complexity index is 833. The van der Waals surface area contributed by atoms with E-state index in [9.17, 15) is 14.4 Å². The summed E-state index contributed by atoms with van der Waals surface area (Å²) in [5.41, 5.74) is 1.35. The van der Waals surface area contributed by atoms with Gasteiger partial charge < -0.3 is 14.6 Å². The molecule has 1 aliphatic heterocycles. The molecule has 0 fully saturated rings. The highest BCUT2D eigenvalue weighted by Crippen LogP contribution is 2.17. The molecular weight excluding hydrogens is 288 g/mol. The lowest BCUT2D eigenvalue weighted by atomic mass is 10.2. The molecular formula is C14H16N4O4. The molecule has 2 aromatic heterocycles. The molecule has 8 nitrogen and oxygen atoms in total. The summed E-state index contributed by atoms with van der Waals surface area (Å²) in [6, 6.07) is 1.71. The molecule has 3 rings (SSSR count). The van der Waals surface area contributed by atoms with Gasteiger partial charge in [-0.05, 0) is 13.3 Å². The van der Waals surface area contributed by atoms with Gasteiger partial charge in [-0.15, -0.1) is 0 Å². The predicted octanol–water partition coefficient (Wildman–Crippen LogP) is -0.135. The maximum atomic E-state index is 12.4. The summed E-state index contributed by atoms with van der Waals surface area (Å²) in [5.74, 6) is -0.827. The van der Waals surface area contributed by atoms with Crippen LogP contribution in [-0.2, 0) is 29.0 Å². The number of aromatic nitrogens is 3. The fourth-order valence-electron chi connectivity index (χ4n) is 2.61. The molecule has 22 heavy (non-hydrogen) atoms. The average molecular weight is 304 g/mol. The van der Waals surface area contributed by atoms with Gasteiger partial charge in [-0.1, -0.05) is 6.92 Å². The second kappa shape index (κ2) is 5.28. The third kappa shape index (κ3) is 2.07. The Morgan fingerprint density at radius 3 is 2.86 bits per heavy atom. The molecule has 1 aliphatic rings. The van der Waals surface area contributed by atoms with Crippen molar-refractivity contribution in [3.8, 4) is 0 Å². The minimum absolute atomic E-state index is 0.137. The third-order valence-electron chi connectivity index (χ3n) is 3.62. The van der Waals surface area contributed by atoms with Crippen molar-refractivity contribution in [2.45, 2.75) is 33.4 Å². The van der Waals surface area contributed by atoms with Crippen LogP contribution in [0.1, 0.15) is 35.6 Å². The molecule has 0 radical (unpaired) electrons. The molecule has 1 N–H and O–H groups in total. The summed E-state index contributed by atoms with van der Waals surface area (Å²) in [5, 5.41) is 6.85. The van der Waals surface area contributed by atoms with Crippen molar-refractivity contribution < 1.29 is 14.3 Å². The Hall–Kier alpha value is -2.64. The minimum atomic E-state index is -0.464. The number of esters is 1. The van der Waals surface area contributed by atoms with E-state index in [1.807, 2.05) is 6.92 Å². The van der Waals surface area contributed by atoms with Crippen LogP contribution in [0.3, 0.4) is 0 Å². The van der Waals surface area contributed by atoms with Crippen molar-refractivity contribution in [3.05, 3.63) is 33.4 Å². The molecule has 0 aliphatic carbocycles. The molecule has 116 valence electrons. The summed E-state index contributed by atoms with van der Waals surface area (Å²) >= 11 is 0. The second-order valence-electron chi connectivity index (χ2n) is 4.97. The fourth-order valence-corrected chi connectivity index (χ4v) is 2.61. The zero-order valence-corrected chi connectivity index (χ0v) is 12.4. The van der Waals surface area contributed by atoms with Gasteiger partial charge in [0.25, 0.3) is 11.5 Å². The fraction of sp³-hybridized carbons (Fsp3) is 0.429. The number of nitrogens with zero attached hydrogens (tertiary/aromatic N) is 3. The number of carbonyl (C=O) groups excluding carboxylic acids is 2. The second-order valence-corrected chi connectivity index (χ2v) is 4.97. The normalized spacial score (nSPS) is 13.3. The summed E-state index contributed by atoms with van der Waals surface area (Å²) in [6.07, 6.45) is 0.650. The van der Waals surface area contributed by atoms with Gasteiger partial charge in [0.2, 0.25) is 0 Å². The first-order valence-corrected chi connectivity index (χ1v) is 7.15. The van der Waals surface area contributed by atoms with Crippen molar-refractivity contribution in [2.24, 2.45) is 0 Å². The highest BCUT2D eigenvalue weighted by atomic mass is 16.5. The van der Waals surface area contributed by atoms with Crippen molar-refractivity contribution in [3.63, 3.8) is 0 Å². The lowest BCUT2D eigenvalue weighted by Gasteiger charge is -2.12. The quantitative estimate of drug-likeness (QED) is 0.794. The topological polar surface area (TPSA) is 94.7 Å². The number of aryl methyl sites for hydroxylation is 1. The van der Waals surface area contributed by atoms with Crippen LogP contribution in [0.4, 0.5) is 0 Å². The van der Waals surface area contributed by atoms with Crippen molar-refractivity contribution in [1.29, 1.82) is 0 Å². The monoisotopic (exact) mass is 304 g/mol. The molecule has 0 spiro atoms. The van der Waals surface area contributed by atoms with E-state index in [-0.39, 0.29) is 36.9 Å². The van der Waals surface area contributed by atoms with E-state index >= 15 is 0 Å². The van der Waals surface area contributed by atoms with Gasteiger partial charge in [-0.2, -0.15) is 9.61 Å². The highest BCUT2D eigenvalue weighted by molar-refractivity contribution is 5.97. The van der Waals surface area contributed by atoms with Crippen molar-refractivity contribution in [1.82, 2.24) is 19.5 Å². The summed E-state index contributed by atoms with van der Waals surface area (Å²) in [6.45, 7) is 3.89. The maximum absolute atomic E-state index is 12.4. The zero-order valence-electron chi connectivity index (χ0n) is 12.4. The van der Waals surface area contributed by atoms with E-state index in [0.29, 0.717) is 17.6 Å². The van der Waals surface area contributed by atoms with Crippen molar-refractivity contribution in [2.75, 3.05) is 6.61 Å². The van der Waals surface area contributed by atoms with Crippen LogP contribution in [0.15, 0.2) is 10.9 Å². The summed E-state index contributed by atoms with van der Waals surface area (Å²) in [4.78, 5) is 36.3. The molecule has 0 saturated heterocycles. The van der Waals surface area contributed by atoms with Gasteiger partial charge in [0.1, 0.15) is 17.9 Å². The SMILES string of the molecule is CCOC(=O)Cn1c2c(c(=O)n3nc(CC)cc13)CNC2=O. The standard InChI is InChI=1S/C14H16N4O4/c1-3-8-5-10-17(7-11(19)22-4-2)12-9(6-15-13(12)20)14(21)18(10)16-8/h5H,3-4,6-7H2,1-2H3,(H,15,20). The summed E-state index contributed by atoms with van der Waals surface area (Å²) < 4.78 is 7.70. The number of nitrogens with one attached hydrogen (secondary N) is 1. The van der Waals surface area contributed by atoms with Crippen LogP contribution in [-0.4, -0.2) is 32.7 Å². The van der Waals surface area contributed by atoms with Crippen LogP contribution in [0.2, 0.25) is 0 Å². The van der Waals surface area contributed by atoms with Gasteiger partial charge in [0.05, 0.1) is 24.4 Å². The Morgan fingerprint density at radius 1 is 1.41 bits per heavy atom. The van der Waals surface area contributed by atoms with Crippen LogP contribution in [0.5, 0.6) is 0 Å². The zero-order chi connectivity index (χ0) is 15.9. The van der Waals surface area contributed by atoms with Crippen LogP contribution in [0, 0.1) is 0 Å². The largest absolute Gasteiger partial charge is 0.465 e. The smallest absolute Gasteiger partial charge is 0.326 e. The first-order valence-electron chi connectivity index (χ1n) is 7.15. The van der Waals surface area contributed by atoms with E-state index in [1.54, 1.807) is 13.0 Å². The third-order valence-corrected chi connectivity index (χ3v) is 3.62. The van der Waals surface area contributed by atoms with Gasteiger partial charge in [-0.25, -0.2) is 0 Å². The van der Waals surface area contributed by atoms with Gasteiger partial charge in [0, 0.05) is 6.07 Å². The number of fused-ring (bicyclic) bond motifs is 2. The van der Waals surface area contributed by atoms with E-state index in [2.05, 4.69) is 10.4 Å². The lowest BCUT2D eigenvalue weighted by Crippen LogP contribution is -2.28. The highest BCUT2D eigenvalue weighted by Gasteiger charge is 2.29. The first kappa shape index (κ1) is 14.3. The average Bonchev–Trinajstić information content (AvgIpc) is 3.08.